The Morgan fingerprint density at radius 1 is 1.42 bits per heavy atom. The number of rotatable bonds is 7. The highest BCUT2D eigenvalue weighted by molar-refractivity contribution is 7.91. The van der Waals surface area contributed by atoms with Gasteiger partial charge in [0.05, 0.1) is 22.8 Å². The number of pyridine rings is 1. The van der Waals surface area contributed by atoms with Gasteiger partial charge in [-0.15, -0.1) is 0 Å². The van der Waals surface area contributed by atoms with Crippen molar-refractivity contribution in [2.75, 3.05) is 28.8 Å². The fraction of sp³-hybridized carbons (Fsp3) is 0.444. The van der Waals surface area contributed by atoms with Gasteiger partial charge in [0.2, 0.25) is 0 Å². The first kappa shape index (κ1) is 15.1. The lowest BCUT2D eigenvalue weighted by Crippen LogP contribution is -2.18. The van der Waals surface area contributed by atoms with Crippen LogP contribution in [0.15, 0.2) is 12.1 Å². The molecule has 106 valence electrons. The van der Waals surface area contributed by atoms with E-state index in [0.29, 0.717) is 0 Å². The predicted octanol–water partition coefficient (Wildman–Crippen LogP) is 0.122. The average Bonchev–Trinajstić information content (AvgIpc) is 2.38. The number of nitrogens with two attached hydrogens (primary N) is 1. The lowest BCUT2D eigenvalue weighted by Gasteiger charge is -2.07. The molecule has 0 saturated heterocycles. The molecule has 0 bridgehead atoms. The number of anilines is 2. The molecular weight excluding hydrogens is 274 g/mol. The van der Waals surface area contributed by atoms with Gasteiger partial charge in [-0.1, -0.05) is 6.92 Å². The highest BCUT2D eigenvalue weighted by atomic mass is 32.2. The molecule has 1 aromatic rings. The summed E-state index contributed by atoms with van der Waals surface area (Å²) in [6, 6.07) is 2.38. The van der Waals surface area contributed by atoms with Gasteiger partial charge in [-0.25, -0.2) is 19.2 Å². The van der Waals surface area contributed by atoms with Crippen LogP contribution < -0.4 is 16.6 Å². The molecule has 4 N–H and O–H groups in total. The highest BCUT2D eigenvalue weighted by Crippen LogP contribution is 2.19. The molecule has 9 nitrogen and oxygen atoms in total. The van der Waals surface area contributed by atoms with Gasteiger partial charge in [-0.2, -0.15) is 0 Å². The maximum Gasteiger partial charge on any atom is 0.276 e. The Balaban J connectivity index is 2.78. The van der Waals surface area contributed by atoms with Crippen LogP contribution in [0.1, 0.15) is 6.92 Å². The lowest BCUT2D eigenvalue weighted by atomic mass is 10.3. The molecule has 0 fully saturated rings. The summed E-state index contributed by atoms with van der Waals surface area (Å²) in [5.74, 6) is 5.44. The molecule has 0 aliphatic carbocycles. The van der Waals surface area contributed by atoms with Gasteiger partial charge in [0.15, 0.2) is 9.84 Å². The third-order valence-electron chi connectivity index (χ3n) is 2.33. The first-order valence-corrected chi connectivity index (χ1v) is 7.27. The highest BCUT2D eigenvalue weighted by Gasteiger charge is 2.12. The second-order valence-electron chi connectivity index (χ2n) is 3.66. The maximum atomic E-state index is 11.3. The Kier molecular flexibility index (Phi) is 5.01. The molecule has 0 aliphatic rings. The van der Waals surface area contributed by atoms with Crippen molar-refractivity contribution in [3.8, 4) is 0 Å². The van der Waals surface area contributed by atoms with E-state index in [9.17, 15) is 18.5 Å². The summed E-state index contributed by atoms with van der Waals surface area (Å²) in [7, 11) is -3.10. The van der Waals surface area contributed by atoms with Crippen LogP contribution >= 0.6 is 0 Å². The summed E-state index contributed by atoms with van der Waals surface area (Å²) >= 11 is 0. The number of nitro groups is 1. The van der Waals surface area contributed by atoms with Gasteiger partial charge in [-0.3, -0.25) is 10.1 Å². The molecular formula is C9H15N5O4S. The van der Waals surface area contributed by atoms with Crippen LogP contribution in [0.5, 0.6) is 0 Å². The van der Waals surface area contributed by atoms with E-state index >= 15 is 0 Å². The molecule has 10 heteroatoms. The molecule has 0 radical (unpaired) electrons. The summed E-state index contributed by atoms with van der Waals surface area (Å²) in [4.78, 5) is 14.0. The molecule has 1 heterocycles. The van der Waals surface area contributed by atoms with E-state index in [1.807, 2.05) is 0 Å². The second kappa shape index (κ2) is 6.29. The van der Waals surface area contributed by atoms with Crippen molar-refractivity contribution >= 4 is 27.2 Å². The van der Waals surface area contributed by atoms with Gasteiger partial charge < -0.3 is 10.7 Å². The molecule has 0 spiro atoms. The third kappa shape index (κ3) is 4.67. The first-order chi connectivity index (χ1) is 8.88. The molecule has 0 saturated carbocycles. The van der Waals surface area contributed by atoms with E-state index in [0.717, 1.165) is 0 Å². The zero-order valence-corrected chi connectivity index (χ0v) is 11.1. The summed E-state index contributed by atoms with van der Waals surface area (Å²) in [5, 5.41) is 13.4. The Morgan fingerprint density at radius 3 is 2.58 bits per heavy atom. The Hall–Kier alpha value is -1.94. The Morgan fingerprint density at radius 2 is 2.05 bits per heavy atom. The van der Waals surface area contributed by atoms with Crippen LogP contribution in [0.4, 0.5) is 17.3 Å². The van der Waals surface area contributed by atoms with Crippen LogP contribution in [0.3, 0.4) is 0 Å². The lowest BCUT2D eigenvalue weighted by molar-refractivity contribution is -0.384. The molecule has 0 atom stereocenters. The summed E-state index contributed by atoms with van der Waals surface area (Å²) < 4.78 is 22.6. The molecule has 1 rings (SSSR count). The third-order valence-corrected chi connectivity index (χ3v) is 4.03. The van der Waals surface area contributed by atoms with Crippen molar-refractivity contribution in [1.82, 2.24) is 4.98 Å². The number of hydrogen-bond acceptors (Lipinski definition) is 8. The number of sulfone groups is 1. The minimum Gasteiger partial charge on any atom is -0.369 e. The van der Waals surface area contributed by atoms with Gasteiger partial charge in [-0.05, 0) is 0 Å². The molecule has 0 amide bonds. The zero-order chi connectivity index (χ0) is 14.5. The Labute approximate surface area is 110 Å². The maximum absolute atomic E-state index is 11.3. The van der Waals surface area contributed by atoms with Crippen molar-refractivity contribution < 1.29 is 13.3 Å². The normalized spacial score (nSPS) is 11.1. The number of hydrogen-bond donors (Lipinski definition) is 3. The van der Waals surface area contributed by atoms with E-state index in [1.165, 1.54) is 12.1 Å². The summed E-state index contributed by atoms with van der Waals surface area (Å²) in [5.41, 5.74) is 2.02. The Bertz CT molecular complexity index is 560. The predicted molar refractivity (Wildman–Crippen MR) is 71.5 cm³/mol. The number of nitrogens with one attached hydrogen (secondary N) is 2. The van der Waals surface area contributed by atoms with Crippen molar-refractivity contribution in [3.63, 3.8) is 0 Å². The minimum absolute atomic E-state index is 0.0483. The van der Waals surface area contributed by atoms with E-state index in [2.05, 4.69) is 15.7 Å². The molecule has 1 aromatic heterocycles. The topological polar surface area (TPSA) is 140 Å². The van der Waals surface area contributed by atoms with E-state index < -0.39 is 14.8 Å². The van der Waals surface area contributed by atoms with Crippen LogP contribution in [0.2, 0.25) is 0 Å². The second-order valence-corrected chi connectivity index (χ2v) is 6.13. The molecule has 0 aromatic carbocycles. The number of hydrazine groups is 1. The van der Waals surface area contributed by atoms with Gasteiger partial charge in [0.1, 0.15) is 11.6 Å². The smallest absolute Gasteiger partial charge is 0.276 e. The van der Waals surface area contributed by atoms with Crippen molar-refractivity contribution in [2.45, 2.75) is 6.92 Å². The fourth-order valence-corrected chi connectivity index (χ4v) is 1.97. The van der Waals surface area contributed by atoms with E-state index in [1.54, 1.807) is 6.92 Å². The van der Waals surface area contributed by atoms with Gasteiger partial charge >= 0.3 is 0 Å². The quantitative estimate of drug-likeness (QED) is 0.365. The number of aromatic nitrogens is 1. The fourth-order valence-electron chi connectivity index (χ4n) is 1.26. The van der Waals surface area contributed by atoms with Crippen molar-refractivity contribution in [1.29, 1.82) is 0 Å². The number of nitrogens with zero attached hydrogens (tertiary/aromatic N) is 2. The zero-order valence-electron chi connectivity index (χ0n) is 10.3. The molecule has 0 unspecified atom stereocenters. The van der Waals surface area contributed by atoms with Crippen molar-refractivity contribution in [3.05, 3.63) is 22.2 Å². The number of nitrogen functional groups attached to an aromatic ring is 1. The van der Waals surface area contributed by atoms with Gasteiger partial charge in [0.25, 0.3) is 5.69 Å². The van der Waals surface area contributed by atoms with Crippen LogP contribution in [-0.4, -0.2) is 36.4 Å². The molecule has 19 heavy (non-hydrogen) atoms. The summed E-state index contributed by atoms with van der Waals surface area (Å²) in [6.45, 7) is 1.67. The first-order valence-electron chi connectivity index (χ1n) is 5.45. The summed E-state index contributed by atoms with van der Waals surface area (Å²) in [6.07, 6.45) is 0. The largest absolute Gasteiger partial charge is 0.369 e. The van der Waals surface area contributed by atoms with Crippen LogP contribution in [0.25, 0.3) is 0 Å². The van der Waals surface area contributed by atoms with Crippen LogP contribution in [-0.2, 0) is 9.84 Å². The standard InChI is InChI=1S/C9H15N5O4S/c1-2-19(17,18)4-3-11-8-5-7(14(15)16)6-9(12-8)13-10/h5-6H,2-4,10H2,1H3,(H2,11,12,13). The van der Waals surface area contributed by atoms with Crippen molar-refractivity contribution in [2.24, 2.45) is 5.84 Å². The monoisotopic (exact) mass is 289 g/mol. The minimum atomic E-state index is -3.10. The van der Waals surface area contributed by atoms with Gasteiger partial charge in [0, 0.05) is 12.3 Å². The SMILES string of the molecule is CCS(=O)(=O)CCNc1cc([N+](=O)[O-])cc(NN)n1. The van der Waals surface area contributed by atoms with E-state index in [-0.39, 0.29) is 35.4 Å². The average molecular weight is 289 g/mol. The molecule has 0 aliphatic heterocycles. The van der Waals surface area contributed by atoms with E-state index in [4.69, 9.17) is 5.84 Å². The van der Waals surface area contributed by atoms with Crippen LogP contribution in [0, 0.1) is 10.1 Å².